The highest BCUT2D eigenvalue weighted by atomic mass is 127. The number of anilines is 1. The summed E-state index contributed by atoms with van der Waals surface area (Å²) >= 11 is 0. The number of aliphatic hydroxyl groups is 1. The Kier molecular flexibility index (Phi) is 12.0. The molecule has 176 valence electrons. The number of hydrogen-bond acceptors (Lipinski definition) is 5. The van der Waals surface area contributed by atoms with Gasteiger partial charge in [-0.05, 0) is 69.5 Å². The monoisotopic (exact) mass is 555 g/mol. The van der Waals surface area contributed by atoms with Crippen molar-refractivity contribution in [2.45, 2.75) is 45.8 Å². The smallest absolute Gasteiger partial charge is 0.412 e. The highest BCUT2D eigenvalue weighted by Gasteiger charge is 2.16. The van der Waals surface area contributed by atoms with Gasteiger partial charge in [0.15, 0.2) is 5.96 Å². The summed E-state index contributed by atoms with van der Waals surface area (Å²) < 4.78 is 5.25. The van der Waals surface area contributed by atoms with Gasteiger partial charge in [0, 0.05) is 31.2 Å². The largest absolute Gasteiger partial charge is 0.444 e. The predicted molar refractivity (Wildman–Crippen MR) is 139 cm³/mol. The Labute approximate surface area is 207 Å². The van der Waals surface area contributed by atoms with Gasteiger partial charge in [-0.25, -0.2) is 4.79 Å². The number of benzene rings is 1. The van der Waals surface area contributed by atoms with Crippen molar-refractivity contribution < 1.29 is 14.6 Å². The number of carbonyl (C=O) groups is 1. The highest BCUT2D eigenvalue weighted by Crippen LogP contribution is 2.13. The number of ether oxygens (including phenoxy) is 1. The summed E-state index contributed by atoms with van der Waals surface area (Å²) in [4.78, 5) is 20.3. The summed E-state index contributed by atoms with van der Waals surface area (Å²) in [6.07, 6.45) is 2.94. The third-order valence-corrected chi connectivity index (χ3v) is 4.16. The van der Waals surface area contributed by atoms with Crippen LogP contribution in [0.2, 0.25) is 0 Å². The van der Waals surface area contributed by atoms with Crippen LogP contribution in [0.4, 0.5) is 10.5 Å². The minimum Gasteiger partial charge on any atom is -0.444 e. The lowest BCUT2D eigenvalue weighted by Gasteiger charge is -2.19. The van der Waals surface area contributed by atoms with E-state index in [2.05, 4.69) is 25.9 Å². The van der Waals surface area contributed by atoms with Gasteiger partial charge in [-0.2, -0.15) is 0 Å². The SMILES string of the molecule is CCNC(=NCC(O)c1ccncc1)NCCc1ccc(NC(=O)OC(C)(C)C)cc1.I. The number of aliphatic hydroxyl groups excluding tert-OH is 1. The summed E-state index contributed by atoms with van der Waals surface area (Å²) in [6.45, 7) is 9.13. The maximum Gasteiger partial charge on any atom is 0.412 e. The Bertz CT molecular complexity index is 839. The first-order valence-corrected chi connectivity index (χ1v) is 10.5. The van der Waals surface area contributed by atoms with E-state index in [-0.39, 0.29) is 30.5 Å². The fourth-order valence-electron chi connectivity index (χ4n) is 2.71. The van der Waals surface area contributed by atoms with Crippen molar-refractivity contribution in [1.29, 1.82) is 0 Å². The lowest BCUT2D eigenvalue weighted by Crippen LogP contribution is -2.38. The molecule has 1 amide bonds. The molecule has 0 radical (unpaired) electrons. The molecular weight excluding hydrogens is 521 g/mol. The number of carbonyl (C=O) groups excluding carboxylic acids is 1. The Morgan fingerprint density at radius 3 is 2.38 bits per heavy atom. The number of nitrogens with one attached hydrogen (secondary N) is 3. The van der Waals surface area contributed by atoms with Crippen molar-refractivity contribution in [3.05, 3.63) is 59.9 Å². The topological polar surface area (TPSA) is 108 Å². The van der Waals surface area contributed by atoms with Gasteiger partial charge >= 0.3 is 6.09 Å². The summed E-state index contributed by atoms with van der Waals surface area (Å²) in [5, 5.41) is 19.4. The number of nitrogens with zero attached hydrogens (tertiary/aromatic N) is 2. The Morgan fingerprint density at radius 1 is 1.12 bits per heavy atom. The minimum atomic E-state index is -0.677. The second kappa shape index (κ2) is 13.9. The van der Waals surface area contributed by atoms with Crippen molar-refractivity contribution >= 4 is 41.7 Å². The zero-order valence-electron chi connectivity index (χ0n) is 19.1. The fraction of sp³-hybridized carbons (Fsp3) is 0.435. The van der Waals surface area contributed by atoms with E-state index in [9.17, 15) is 9.90 Å². The van der Waals surface area contributed by atoms with E-state index in [1.165, 1.54) is 0 Å². The average Bonchev–Trinajstić information content (AvgIpc) is 2.72. The van der Waals surface area contributed by atoms with Crippen LogP contribution in [0.1, 0.15) is 44.9 Å². The second-order valence-electron chi connectivity index (χ2n) is 8.02. The number of aliphatic imine (C=N–C) groups is 1. The molecule has 4 N–H and O–H groups in total. The fourth-order valence-corrected chi connectivity index (χ4v) is 2.71. The quantitative estimate of drug-likeness (QED) is 0.224. The molecular formula is C23H34IN5O3. The van der Waals surface area contributed by atoms with Gasteiger partial charge in [0.2, 0.25) is 0 Å². The van der Waals surface area contributed by atoms with Crippen LogP contribution >= 0.6 is 24.0 Å². The van der Waals surface area contributed by atoms with Crippen LogP contribution in [0, 0.1) is 0 Å². The van der Waals surface area contributed by atoms with Gasteiger partial charge in [0.05, 0.1) is 12.6 Å². The lowest BCUT2D eigenvalue weighted by atomic mass is 10.1. The zero-order chi connectivity index (χ0) is 22.7. The Hall–Kier alpha value is -2.40. The first-order chi connectivity index (χ1) is 14.8. The van der Waals surface area contributed by atoms with Crippen LogP contribution in [-0.2, 0) is 11.2 Å². The second-order valence-corrected chi connectivity index (χ2v) is 8.02. The molecule has 1 heterocycles. The molecule has 1 aromatic heterocycles. The van der Waals surface area contributed by atoms with Gasteiger partial charge < -0.3 is 20.5 Å². The lowest BCUT2D eigenvalue weighted by molar-refractivity contribution is 0.0636. The molecule has 2 rings (SSSR count). The third kappa shape index (κ3) is 10.8. The predicted octanol–water partition coefficient (Wildman–Crippen LogP) is 3.88. The molecule has 0 fully saturated rings. The van der Waals surface area contributed by atoms with Gasteiger partial charge in [-0.15, -0.1) is 24.0 Å². The molecule has 1 atom stereocenters. The number of aromatic nitrogens is 1. The molecule has 0 saturated carbocycles. The summed E-state index contributed by atoms with van der Waals surface area (Å²) in [5.74, 6) is 0.652. The highest BCUT2D eigenvalue weighted by molar-refractivity contribution is 14.0. The minimum absolute atomic E-state index is 0. The first kappa shape index (κ1) is 27.6. The number of hydrogen-bond donors (Lipinski definition) is 4. The van der Waals surface area contributed by atoms with Gasteiger partial charge in [0.1, 0.15) is 5.60 Å². The van der Waals surface area contributed by atoms with E-state index in [4.69, 9.17) is 4.74 Å². The number of guanidine groups is 1. The third-order valence-electron chi connectivity index (χ3n) is 4.16. The number of rotatable bonds is 8. The molecule has 0 bridgehead atoms. The molecule has 1 aromatic carbocycles. The first-order valence-electron chi connectivity index (χ1n) is 10.5. The van der Waals surface area contributed by atoms with Crippen molar-refractivity contribution in [2.24, 2.45) is 4.99 Å². The van der Waals surface area contributed by atoms with E-state index < -0.39 is 17.8 Å². The van der Waals surface area contributed by atoms with Gasteiger partial charge in [-0.3, -0.25) is 15.3 Å². The Morgan fingerprint density at radius 2 is 1.78 bits per heavy atom. The summed E-state index contributed by atoms with van der Waals surface area (Å²) in [6, 6.07) is 11.2. The number of pyridine rings is 1. The van der Waals surface area contributed by atoms with Crippen molar-refractivity contribution in [3.63, 3.8) is 0 Å². The van der Waals surface area contributed by atoms with Crippen LogP contribution in [0.3, 0.4) is 0 Å². The van der Waals surface area contributed by atoms with E-state index in [1.54, 1.807) is 24.5 Å². The van der Waals surface area contributed by atoms with Gasteiger partial charge in [-0.1, -0.05) is 12.1 Å². The number of halogens is 1. The standard InChI is InChI=1S/C23H33N5O3.HI/c1-5-25-21(27-16-20(29)18-11-13-24-14-12-18)26-15-10-17-6-8-19(9-7-17)28-22(30)31-23(2,3)4;/h6-9,11-14,20,29H,5,10,15-16H2,1-4H3,(H,28,30)(H2,25,26,27);1H. The molecule has 0 aliphatic rings. The molecule has 8 nitrogen and oxygen atoms in total. The summed E-state index contributed by atoms with van der Waals surface area (Å²) in [7, 11) is 0. The van der Waals surface area contributed by atoms with E-state index in [0.29, 0.717) is 18.2 Å². The van der Waals surface area contributed by atoms with E-state index in [1.807, 2.05) is 52.0 Å². The maximum absolute atomic E-state index is 11.8. The molecule has 0 aliphatic heterocycles. The summed E-state index contributed by atoms with van der Waals surface area (Å²) in [5.41, 5.74) is 2.06. The van der Waals surface area contributed by atoms with Crippen LogP contribution < -0.4 is 16.0 Å². The molecule has 1 unspecified atom stereocenters. The molecule has 0 spiro atoms. The van der Waals surface area contributed by atoms with Crippen LogP contribution in [-0.4, -0.2) is 47.4 Å². The van der Waals surface area contributed by atoms with E-state index >= 15 is 0 Å². The van der Waals surface area contributed by atoms with E-state index in [0.717, 1.165) is 24.1 Å². The Balaban J connectivity index is 0.00000512. The maximum atomic E-state index is 11.8. The average molecular weight is 555 g/mol. The van der Waals surface area contributed by atoms with Crippen molar-refractivity contribution in [3.8, 4) is 0 Å². The van der Waals surface area contributed by atoms with Crippen LogP contribution in [0.15, 0.2) is 53.8 Å². The molecule has 2 aromatic rings. The van der Waals surface area contributed by atoms with Crippen LogP contribution in [0.5, 0.6) is 0 Å². The molecule has 0 saturated heterocycles. The molecule has 0 aliphatic carbocycles. The molecule has 9 heteroatoms. The van der Waals surface area contributed by atoms with Crippen molar-refractivity contribution in [1.82, 2.24) is 15.6 Å². The molecule has 32 heavy (non-hydrogen) atoms. The zero-order valence-corrected chi connectivity index (χ0v) is 21.4. The van der Waals surface area contributed by atoms with Crippen LogP contribution in [0.25, 0.3) is 0 Å². The van der Waals surface area contributed by atoms with Gasteiger partial charge in [0.25, 0.3) is 0 Å². The normalized spacial score (nSPS) is 12.3. The van der Waals surface area contributed by atoms with Crippen molar-refractivity contribution in [2.75, 3.05) is 25.0 Å². The number of amides is 1.